The fraction of sp³-hybridized carbons (Fsp3) is 0.667. The minimum absolute atomic E-state index is 0.155. The SMILES string of the molecule is C=CC1CC(N)=CC=C1OCCOCCOCCOCCCOC. The van der Waals surface area contributed by atoms with Crippen LogP contribution in [0.5, 0.6) is 0 Å². The molecule has 1 rings (SSSR count). The van der Waals surface area contributed by atoms with Gasteiger partial charge in [-0.3, -0.25) is 0 Å². The van der Waals surface area contributed by atoms with Crippen molar-refractivity contribution in [2.24, 2.45) is 11.7 Å². The lowest BCUT2D eigenvalue weighted by Gasteiger charge is -2.21. The average molecular weight is 341 g/mol. The smallest absolute Gasteiger partial charge is 0.111 e. The van der Waals surface area contributed by atoms with Crippen LogP contribution < -0.4 is 5.73 Å². The van der Waals surface area contributed by atoms with E-state index in [0.717, 1.165) is 30.9 Å². The van der Waals surface area contributed by atoms with Gasteiger partial charge in [-0.25, -0.2) is 0 Å². The summed E-state index contributed by atoms with van der Waals surface area (Å²) in [6.45, 7) is 8.55. The summed E-state index contributed by atoms with van der Waals surface area (Å²) >= 11 is 0. The minimum Gasteiger partial charge on any atom is -0.495 e. The maximum Gasteiger partial charge on any atom is 0.111 e. The van der Waals surface area contributed by atoms with Crippen molar-refractivity contribution in [2.45, 2.75) is 12.8 Å². The van der Waals surface area contributed by atoms with E-state index in [-0.39, 0.29) is 5.92 Å². The highest BCUT2D eigenvalue weighted by molar-refractivity contribution is 5.24. The third-order valence-electron chi connectivity index (χ3n) is 3.44. The summed E-state index contributed by atoms with van der Waals surface area (Å²) in [5, 5.41) is 0. The van der Waals surface area contributed by atoms with Crippen LogP contribution in [0, 0.1) is 5.92 Å². The first kappa shape index (κ1) is 20.7. The van der Waals surface area contributed by atoms with Gasteiger partial charge in [0, 0.05) is 38.4 Å². The Morgan fingerprint density at radius 2 is 1.62 bits per heavy atom. The third kappa shape index (κ3) is 9.72. The predicted octanol–water partition coefficient (Wildman–Crippen LogP) is 2.02. The molecule has 6 nitrogen and oxygen atoms in total. The quantitative estimate of drug-likeness (QED) is 0.363. The molecule has 1 atom stereocenters. The molecule has 6 heteroatoms. The van der Waals surface area contributed by atoms with Gasteiger partial charge >= 0.3 is 0 Å². The molecule has 0 aromatic carbocycles. The molecule has 1 aliphatic carbocycles. The van der Waals surface area contributed by atoms with Gasteiger partial charge in [0.2, 0.25) is 0 Å². The highest BCUT2D eigenvalue weighted by atomic mass is 16.6. The Hall–Kier alpha value is -1.34. The van der Waals surface area contributed by atoms with Crippen molar-refractivity contribution < 1.29 is 23.7 Å². The van der Waals surface area contributed by atoms with Gasteiger partial charge in [-0.15, -0.1) is 6.58 Å². The molecular formula is C18H31NO5. The largest absolute Gasteiger partial charge is 0.495 e. The number of rotatable bonds is 15. The lowest BCUT2D eigenvalue weighted by molar-refractivity contribution is 0.00156. The van der Waals surface area contributed by atoms with E-state index in [1.165, 1.54) is 0 Å². The minimum atomic E-state index is 0.155. The summed E-state index contributed by atoms with van der Waals surface area (Å²) in [4.78, 5) is 0. The summed E-state index contributed by atoms with van der Waals surface area (Å²) in [5.74, 6) is 1.05. The second kappa shape index (κ2) is 14.0. The summed E-state index contributed by atoms with van der Waals surface area (Å²) < 4.78 is 26.9. The highest BCUT2D eigenvalue weighted by Gasteiger charge is 2.16. The topological polar surface area (TPSA) is 72.2 Å². The van der Waals surface area contributed by atoms with Crippen molar-refractivity contribution >= 4 is 0 Å². The van der Waals surface area contributed by atoms with Crippen molar-refractivity contribution in [3.05, 3.63) is 36.3 Å². The van der Waals surface area contributed by atoms with E-state index in [9.17, 15) is 0 Å². The number of hydrogen-bond acceptors (Lipinski definition) is 6. The number of allylic oxidation sites excluding steroid dienone is 4. The van der Waals surface area contributed by atoms with Crippen LogP contribution in [0.2, 0.25) is 0 Å². The molecular weight excluding hydrogens is 310 g/mol. The highest BCUT2D eigenvalue weighted by Crippen LogP contribution is 2.24. The lowest BCUT2D eigenvalue weighted by Crippen LogP contribution is -2.16. The number of hydrogen-bond donors (Lipinski definition) is 1. The maximum absolute atomic E-state index is 5.80. The van der Waals surface area contributed by atoms with Gasteiger partial charge in [-0.2, -0.15) is 0 Å². The molecule has 0 aromatic heterocycles. The predicted molar refractivity (Wildman–Crippen MR) is 93.6 cm³/mol. The molecule has 0 spiro atoms. The Morgan fingerprint density at radius 1 is 1.00 bits per heavy atom. The van der Waals surface area contributed by atoms with Crippen molar-refractivity contribution in [1.82, 2.24) is 0 Å². The molecule has 24 heavy (non-hydrogen) atoms. The first-order valence-corrected chi connectivity index (χ1v) is 8.41. The van der Waals surface area contributed by atoms with Crippen LogP contribution >= 0.6 is 0 Å². The Bertz CT molecular complexity index is 395. The van der Waals surface area contributed by atoms with Crippen LogP contribution in [0.4, 0.5) is 0 Å². The van der Waals surface area contributed by atoms with E-state index in [1.807, 2.05) is 18.2 Å². The molecule has 0 aromatic rings. The van der Waals surface area contributed by atoms with Gasteiger partial charge in [0.15, 0.2) is 0 Å². The summed E-state index contributed by atoms with van der Waals surface area (Å²) in [5.41, 5.74) is 6.65. The van der Waals surface area contributed by atoms with Crippen LogP contribution in [0.25, 0.3) is 0 Å². The molecule has 0 bridgehead atoms. The van der Waals surface area contributed by atoms with Crippen molar-refractivity contribution in [1.29, 1.82) is 0 Å². The fourth-order valence-corrected chi connectivity index (χ4v) is 2.16. The van der Waals surface area contributed by atoms with Gasteiger partial charge in [0.25, 0.3) is 0 Å². The van der Waals surface area contributed by atoms with E-state index in [0.29, 0.717) is 46.2 Å². The van der Waals surface area contributed by atoms with E-state index in [2.05, 4.69) is 6.58 Å². The molecule has 0 fully saturated rings. The zero-order valence-electron chi connectivity index (χ0n) is 14.7. The Labute approximate surface area is 145 Å². The molecule has 0 saturated carbocycles. The average Bonchev–Trinajstić information content (AvgIpc) is 2.60. The lowest BCUT2D eigenvalue weighted by atomic mass is 9.96. The normalized spacial score (nSPS) is 17.3. The van der Waals surface area contributed by atoms with Crippen molar-refractivity contribution in [2.75, 3.05) is 60.0 Å². The molecule has 2 N–H and O–H groups in total. The van der Waals surface area contributed by atoms with Crippen molar-refractivity contribution in [3.8, 4) is 0 Å². The zero-order valence-corrected chi connectivity index (χ0v) is 14.7. The van der Waals surface area contributed by atoms with Gasteiger partial charge < -0.3 is 29.4 Å². The molecule has 0 radical (unpaired) electrons. The van der Waals surface area contributed by atoms with Crippen LogP contribution in [0.3, 0.4) is 0 Å². The molecule has 1 unspecified atom stereocenters. The fourth-order valence-electron chi connectivity index (χ4n) is 2.16. The van der Waals surface area contributed by atoms with Crippen LogP contribution in [0.15, 0.2) is 36.3 Å². The molecule has 0 heterocycles. The Morgan fingerprint density at radius 3 is 2.25 bits per heavy atom. The van der Waals surface area contributed by atoms with E-state index < -0.39 is 0 Å². The van der Waals surface area contributed by atoms with Gasteiger partial charge in [0.1, 0.15) is 12.4 Å². The van der Waals surface area contributed by atoms with Crippen molar-refractivity contribution in [3.63, 3.8) is 0 Å². The second-order valence-electron chi connectivity index (χ2n) is 5.39. The van der Waals surface area contributed by atoms with E-state index in [1.54, 1.807) is 7.11 Å². The van der Waals surface area contributed by atoms with Gasteiger partial charge in [-0.1, -0.05) is 6.08 Å². The van der Waals surface area contributed by atoms with Gasteiger partial charge in [0.05, 0.1) is 33.0 Å². The summed E-state index contributed by atoms with van der Waals surface area (Å²) in [6.07, 6.45) is 7.31. The standard InChI is InChI=1S/C18H31NO5/c1-3-16-15-17(19)5-6-18(16)24-14-13-23-12-11-22-10-9-21-8-4-7-20-2/h3,5-6,16H,1,4,7-15,19H2,2H3. The Balaban J connectivity index is 1.89. The number of methoxy groups -OCH3 is 1. The first-order valence-electron chi connectivity index (χ1n) is 8.41. The monoisotopic (exact) mass is 341 g/mol. The summed E-state index contributed by atoms with van der Waals surface area (Å²) in [7, 11) is 1.69. The molecule has 1 aliphatic rings. The second-order valence-corrected chi connectivity index (χ2v) is 5.39. The van der Waals surface area contributed by atoms with Crippen LogP contribution in [-0.4, -0.2) is 60.0 Å². The molecule has 0 aliphatic heterocycles. The molecule has 0 amide bonds. The van der Waals surface area contributed by atoms with E-state index in [4.69, 9.17) is 29.4 Å². The van der Waals surface area contributed by atoms with Crippen LogP contribution in [-0.2, 0) is 23.7 Å². The third-order valence-corrected chi connectivity index (χ3v) is 3.44. The molecule has 0 saturated heterocycles. The first-order chi connectivity index (χ1) is 11.8. The maximum atomic E-state index is 5.80. The van der Waals surface area contributed by atoms with Crippen LogP contribution in [0.1, 0.15) is 12.8 Å². The zero-order chi connectivity index (χ0) is 17.5. The Kier molecular flexibility index (Phi) is 12.1. The van der Waals surface area contributed by atoms with Gasteiger partial charge in [-0.05, 0) is 18.6 Å². The summed E-state index contributed by atoms with van der Waals surface area (Å²) in [6, 6.07) is 0. The number of nitrogens with two attached hydrogens (primary N) is 1. The van der Waals surface area contributed by atoms with E-state index >= 15 is 0 Å². The number of ether oxygens (including phenoxy) is 5. The molecule has 138 valence electrons.